The quantitative estimate of drug-likeness (QED) is 0.304. The lowest BCUT2D eigenvalue weighted by molar-refractivity contribution is -0.129. The highest BCUT2D eigenvalue weighted by atomic mass is 19.1. The molecule has 0 radical (unpaired) electrons. The summed E-state index contributed by atoms with van der Waals surface area (Å²) in [7, 11) is 1.55. The molecule has 3 aromatic heterocycles. The summed E-state index contributed by atoms with van der Waals surface area (Å²) in [6.07, 6.45) is 3.21. The van der Waals surface area contributed by atoms with Gasteiger partial charge in [-0.15, -0.1) is 10.2 Å². The van der Waals surface area contributed by atoms with Gasteiger partial charge in [-0.1, -0.05) is 18.2 Å². The second kappa shape index (κ2) is 11.5. The van der Waals surface area contributed by atoms with Crippen molar-refractivity contribution in [1.29, 1.82) is 0 Å². The van der Waals surface area contributed by atoms with Crippen LogP contribution in [0.15, 0.2) is 30.5 Å². The molecule has 1 N–H and O–H groups in total. The van der Waals surface area contributed by atoms with Crippen molar-refractivity contribution in [1.82, 2.24) is 34.5 Å². The molecule has 1 aromatic carbocycles. The zero-order valence-corrected chi connectivity index (χ0v) is 21.5. The molecule has 0 aliphatic carbocycles. The predicted octanol–water partition coefficient (Wildman–Crippen LogP) is 4.08. The van der Waals surface area contributed by atoms with E-state index in [9.17, 15) is 13.6 Å². The van der Waals surface area contributed by atoms with Gasteiger partial charge in [0.25, 0.3) is 0 Å². The predicted molar refractivity (Wildman–Crippen MR) is 137 cm³/mol. The number of benzene rings is 1. The van der Waals surface area contributed by atoms with Crippen LogP contribution in [0.4, 0.5) is 14.7 Å². The van der Waals surface area contributed by atoms with Crippen LogP contribution in [0.1, 0.15) is 39.7 Å². The number of amides is 1. The van der Waals surface area contributed by atoms with E-state index in [1.54, 1.807) is 23.2 Å². The van der Waals surface area contributed by atoms with Gasteiger partial charge in [-0.05, 0) is 43.5 Å². The van der Waals surface area contributed by atoms with Gasteiger partial charge in [-0.2, -0.15) is 4.98 Å². The summed E-state index contributed by atoms with van der Waals surface area (Å²) < 4.78 is 35.0. The number of aromatic nitrogens is 6. The number of nitrogens with zero attached hydrogens (tertiary/aromatic N) is 7. The standard InChI is InChI=1S/C25H32F2N8O2/c1-5-19(8-11-33(13-10-26)17(3)36)28-25-29-24(37-4)23-20(9-12-34(23)31-25)18-6-7-21-22(14-18)35(32-30-21)16(2)15-27/h6-7,9,12,14,16,19H,5,8,10-11,13,15H2,1-4H3,(H,28,31)/t16-,19+/m1/s1. The van der Waals surface area contributed by atoms with Crippen LogP contribution < -0.4 is 10.1 Å². The first-order chi connectivity index (χ1) is 17.9. The highest BCUT2D eigenvalue weighted by molar-refractivity contribution is 5.89. The molecule has 37 heavy (non-hydrogen) atoms. The molecule has 0 spiro atoms. The van der Waals surface area contributed by atoms with Crippen molar-refractivity contribution in [3.05, 3.63) is 30.5 Å². The van der Waals surface area contributed by atoms with Crippen LogP contribution in [-0.4, -0.2) is 80.0 Å². The summed E-state index contributed by atoms with van der Waals surface area (Å²) in [5.41, 5.74) is 3.82. The lowest BCUT2D eigenvalue weighted by Gasteiger charge is -2.23. The number of carbonyl (C=O) groups excluding carboxylic acids is 1. The Balaban J connectivity index is 1.63. The van der Waals surface area contributed by atoms with E-state index in [1.807, 2.05) is 37.4 Å². The Labute approximate surface area is 213 Å². The summed E-state index contributed by atoms with van der Waals surface area (Å²) >= 11 is 0. The number of ether oxygens (including phenoxy) is 1. The van der Waals surface area contributed by atoms with Gasteiger partial charge in [0.2, 0.25) is 17.7 Å². The molecule has 0 saturated carbocycles. The number of anilines is 1. The van der Waals surface area contributed by atoms with E-state index in [-0.39, 0.29) is 18.5 Å². The van der Waals surface area contributed by atoms with Crippen LogP contribution in [0.5, 0.6) is 5.88 Å². The molecule has 10 nitrogen and oxygen atoms in total. The smallest absolute Gasteiger partial charge is 0.244 e. The summed E-state index contributed by atoms with van der Waals surface area (Å²) in [6.45, 7) is 4.62. The molecule has 0 aliphatic rings. The molecular formula is C25H32F2N8O2. The maximum absolute atomic E-state index is 13.3. The van der Waals surface area contributed by atoms with E-state index >= 15 is 0 Å². The van der Waals surface area contributed by atoms with Crippen molar-refractivity contribution in [2.24, 2.45) is 0 Å². The fourth-order valence-electron chi connectivity index (χ4n) is 4.32. The van der Waals surface area contributed by atoms with Crippen LogP contribution in [0.25, 0.3) is 27.7 Å². The van der Waals surface area contributed by atoms with E-state index in [0.29, 0.717) is 35.8 Å². The molecule has 1 amide bonds. The monoisotopic (exact) mass is 514 g/mol. The Hall–Kier alpha value is -3.83. The molecule has 4 rings (SSSR count). The van der Waals surface area contributed by atoms with Crippen molar-refractivity contribution in [2.75, 3.05) is 38.9 Å². The Bertz CT molecular complexity index is 1370. The van der Waals surface area contributed by atoms with Gasteiger partial charge in [-0.25, -0.2) is 18.0 Å². The first-order valence-corrected chi connectivity index (χ1v) is 12.3. The first kappa shape index (κ1) is 26.2. The molecule has 198 valence electrons. The normalized spacial score (nSPS) is 13.1. The molecule has 0 aliphatic heterocycles. The van der Waals surface area contributed by atoms with Gasteiger partial charge >= 0.3 is 0 Å². The van der Waals surface area contributed by atoms with Crippen LogP contribution in [0, 0.1) is 0 Å². The Morgan fingerprint density at radius 3 is 2.73 bits per heavy atom. The van der Waals surface area contributed by atoms with Crippen LogP contribution >= 0.6 is 0 Å². The minimum Gasteiger partial charge on any atom is -0.479 e. The Morgan fingerprint density at radius 1 is 1.24 bits per heavy atom. The van der Waals surface area contributed by atoms with E-state index in [0.717, 1.165) is 23.1 Å². The zero-order chi connectivity index (χ0) is 26.5. The van der Waals surface area contributed by atoms with Gasteiger partial charge in [0.05, 0.1) is 18.7 Å². The van der Waals surface area contributed by atoms with E-state index in [1.165, 1.54) is 11.8 Å². The largest absolute Gasteiger partial charge is 0.479 e. The fraction of sp³-hybridized carbons (Fsp3) is 0.480. The molecule has 0 fully saturated rings. The van der Waals surface area contributed by atoms with Crippen LogP contribution in [0.2, 0.25) is 0 Å². The minimum absolute atomic E-state index is 0.0219. The number of nitrogens with one attached hydrogen (secondary N) is 1. The van der Waals surface area contributed by atoms with Crippen LogP contribution in [-0.2, 0) is 4.79 Å². The maximum Gasteiger partial charge on any atom is 0.244 e. The number of methoxy groups -OCH3 is 1. The number of hydrogen-bond acceptors (Lipinski definition) is 7. The number of hydrogen-bond donors (Lipinski definition) is 1. The average Bonchev–Trinajstić information content (AvgIpc) is 3.53. The number of fused-ring (bicyclic) bond motifs is 2. The van der Waals surface area contributed by atoms with Crippen molar-refractivity contribution in [2.45, 2.75) is 45.7 Å². The average molecular weight is 515 g/mol. The Morgan fingerprint density at radius 2 is 2.05 bits per heavy atom. The van der Waals surface area contributed by atoms with E-state index < -0.39 is 19.4 Å². The molecule has 2 atom stereocenters. The molecular weight excluding hydrogens is 482 g/mol. The van der Waals surface area contributed by atoms with Crippen molar-refractivity contribution in [3.8, 4) is 17.0 Å². The first-order valence-electron chi connectivity index (χ1n) is 12.3. The number of halogens is 2. The van der Waals surface area contributed by atoms with Crippen molar-refractivity contribution < 1.29 is 18.3 Å². The zero-order valence-electron chi connectivity index (χ0n) is 21.5. The van der Waals surface area contributed by atoms with Crippen LogP contribution in [0.3, 0.4) is 0 Å². The number of carbonyl (C=O) groups is 1. The van der Waals surface area contributed by atoms with Crippen molar-refractivity contribution >= 4 is 28.4 Å². The lowest BCUT2D eigenvalue weighted by atomic mass is 10.1. The molecule has 3 heterocycles. The third kappa shape index (κ3) is 5.47. The second-order valence-electron chi connectivity index (χ2n) is 8.94. The SMILES string of the molecule is CC[C@@H](CCN(CCF)C(C)=O)Nc1nc(OC)c2c(-c3ccc4nnn([C@H](C)CF)c4c3)ccn2n1. The number of alkyl halides is 2. The van der Waals surface area contributed by atoms with E-state index in [2.05, 4.69) is 25.7 Å². The fourth-order valence-corrected chi connectivity index (χ4v) is 4.32. The summed E-state index contributed by atoms with van der Waals surface area (Å²) in [6, 6.07) is 7.17. The van der Waals surface area contributed by atoms with Gasteiger partial charge in [-0.3, -0.25) is 4.79 Å². The summed E-state index contributed by atoms with van der Waals surface area (Å²) in [4.78, 5) is 17.8. The lowest BCUT2D eigenvalue weighted by Crippen LogP contribution is -2.35. The Kier molecular flexibility index (Phi) is 8.14. The maximum atomic E-state index is 13.3. The van der Waals surface area contributed by atoms with Gasteiger partial charge in [0.1, 0.15) is 24.4 Å². The molecule has 4 aromatic rings. The highest BCUT2D eigenvalue weighted by Crippen LogP contribution is 2.33. The highest BCUT2D eigenvalue weighted by Gasteiger charge is 2.19. The third-order valence-electron chi connectivity index (χ3n) is 6.47. The minimum atomic E-state index is -0.572. The molecule has 0 saturated heterocycles. The molecule has 0 unspecified atom stereocenters. The summed E-state index contributed by atoms with van der Waals surface area (Å²) in [5, 5.41) is 16.2. The van der Waals surface area contributed by atoms with Gasteiger partial charge < -0.3 is 15.0 Å². The summed E-state index contributed by atoms with van der Waals surface area (Å²) in [5.74, 6) is 0.620. The third-order valence-corrected chi connectivity index (χ3v) is 6.47. The molecule has 0 bridgehead atoms. The molecule has 12 heteroatoms. The second-order valence-corrected chi connectivity index (χ2v) is 8.94. The van der Waals surface area contributed by atoms with Gasteiger partial charge in [0, 0.05) is 37.8 Å². The van der Waals surface area contributed by atoms with Gasteiger partial charge in [0.15, 0.2) is 0 Å². The van der Waals surface area contributed by atoms with Crippen molar-refractivity contribution in [3.63, 3.8) is 0 Å². The van der Waals surface area contributed by atoms with E-state index in [4.69, 9.17) is 4.74 Å². The topological polar surface area (TPSA) is 102 Å². The number of rotatable bonds is 12.